The van der Waals surface area contributed by atoms with Gasteiger partial charge in [0.05, 0.1) is 0 Å². The molecule has 0 aliphatic heterocycles. The molecule has 0 bridgehead atoms. The highest BCUT2D eigenvalue weighted by Gasteiger charge is 2.01. The van der Waals surface area contributed by atoms with Crippen LogP contribution in [0.5, 0.6) is 0 Å². The first-order valence-electron chi connectivity index (χ1n) is 2.99. The van der Waals surface area contributed by atoms with E-state index in [2.05, 4.69) is 18.3 Å². The predicted molar refractivity (Wildman–Crippen MR) is 43.7 cm³/mol. The topological polar surface area (TPSA) is 29.4 Å². The van der Waals surface area contributed by atoms with Crippen molar-refractivity contribution in [2.45, 2.75) is 13.0 Å². The molecule has 54 valence electrons. The first-order chi connectivity index (χ1) is 4.72. The average Bonchev–Trinajstić information content (AvgIpc) is 1.89. The van der Waals surface area contributed by atoms with Crippen LogP contribution in [0, 0.1) is 4.91 Å². The van der Waals surface area contributed by atoms with E-state index in [4.69, 9.17) is 0 Å². The largest absolute Gasteiger partial charge is 0.150 e. The predicted octanol–water partition coefficient (Wildman–Crippen LogP) is 2.44. The van der Waals surface area contributed by atoms with E-state index in [0.717, 1.165) is 5.57 Å². The molecule has 1 atom stereocenters. The molecule has 0 aromatic carbocycles. The van der Waals surface area contributed by atoms with Crippen molar-refractivity contribution >= 4 is 0 Å². The molecule has 0 saturated carbocycles. The molecular weight excluding hydrogens is 126 g/mol. The van der Waals surface area contributed by atoms with Crippen molar-refractivity contribution in [3.8, 4) is 0 Å². The summed E-state index contributed by atoms with van der Waals surface area (Å²) in [5.74, 6) is 0. The van der Waals surface area contributed by atoms with Crippen molar-refractivity contribution in [3.63, 3.8) is 0 Å². The Hall–Kier alpha value is -1.18. The Bertz CT molecular complexity index is 170. The van der Waals surface area contributed by atoms with Gasteiger partial charge < -0.3 is 0 Å². The van der Waals surface area contributed by atoms with Gasteiger partial charge in [-0.3, -0.25) is 0 Å². The molecule has 2 heteroatoms. The van der Waals surface area contributed by atoms with Crippen molar-refractivity contribution in [1.82, 2.24) is 0 Å². The van der Waals surface area contributed by atoms with Gasteiger partial charge in [-0.15, -0.1) is 4.91 Å². The molecule has 0 heterocycles. The molecule has 0 N–H and O–H groups in total. The summed E-state index contributed by atoms with van der Waals surface area (Å²) in [6.07, 6.45) is 4.93. The third-order valence-electron chi connectivity index (χ3n) is 1.05. The van der Waals surface area contributed by atoms with Crippen molar-refractivity contribution in [1.29, 1.82) is 0 Å². The van der Waals surface area contributed by atoms with E-state index in [1.165, 1.54) is 0 Å². The molecule has 0 saturated heterocycles. The van der Waals surface area contributed by atoms with Gasteiger partial charge >= 0.3 is 0 Å². The highest BCUT2D eigenvalue weighted by atomic mass is 16.3. The van der Waals surface area contributed by atoms with E-state index in [1.807, 2.05) is 0 Å². The van der Waals surface area contributed by atoms with E-state index in [0.29, 0.717) is 0 Å². The van der Waals surface area contributed by atoms with Crippen LogP contribution in [0.15, 0.2) is 42.1 Å². The van der Waals surface area contributed by atoms with Crippen LogP contribution in [0.3, 0.4) is 0 Å². The molecule has 0 aromatic rings. The minimum atomic E-state index is -0.405. The summed E-state index contributed by atoms with van der Waals surface area (Å²) in [7, 11) is 0. The fourth-order valence-electron chi connectivity index (χ4n) is 0.473. The van der Waals surface area contributed by atoms with Gasteiger partial charge in [0, 0.05) is 0 Å². The van der Waals surface area contributed by atoms with Crippen molar-refractivity contribution in [2.24, 2.45) is 5.18 Å². The quantitative estimate of drug-likeness (QED) is 0.332. The Kier molecular flexibility index (Phi) is 4.12. The van der Waals surface area contributed by atoms with Gasteiger partial charge in [-0.1, -0.05) is 36.6 Å². The lowest BCUT2D eigenvalue weighted by Crippen LogP contribution is -1.98. The zero-order valence-corrected chi connectivity index (χ0v) is 6.08. The van der Waals surface area contributed by atoms with Crippen molar-refractivity contribution < 1.29 is 0 Å². The van der Waals surface area contributed by atoms with E-state index < -0.39 is 6.04 Å². The summed E-state index contributed by atoms with van der Waals surface area (Å²) in [5.41, 5.74) is 0.744. The summed E-state index contributed by atoms with van der Waals surface area (Å²) in [6, 6.07) is -0.405. The summed E-state index contributed by atoms with van der Waals surface area (Å²) >= 11 is 0. The first kappa shape index (κ1) is 8.82. The fraction of sp³-hybridized carbons (Fsp3) is 0.250. The Morgan fingerprint density at radius 3 is 2.60 bits per heavy atom. The monoisotopic (exact) mass is 137 g/mol. The normalized spacial score (nSPS) is 12.9. The maximum Gasteiger partial charge on any atom is 0.131 e. The molecule has 0 amide bonds. The lowest BCUT2D eigenvalue weighted by atomic mass is 10.1. The van der Waals surface area contributed by atoms with Crippen molar-refractivity contribution in [2.75, 3.05) is 0 Å². The van der Waals surface area contributed by atoms with E-state index in [9.17, 15) is 4.91 Å². The molecule has 0 spiro atoms. The summed E-state index contributed by atoms with van der Waals surface area (Å²) in [4.78, 5) is 10.1. The molecule has 10 heavy (non-hydrogen) atoms. The molecule has 0 radical (unpaired) electrons. The third-order valence-corrected chi connectivity index (χ3v) is 1.05. The highest BCUT2D eigenvalue weighted by Crippen LogP contribution is 2.03. The van der Waals surface area contributed by atoms with Gasteiger partial charge in [0.2, 0.25) is 0 Å². The van der Waals surface area contributed by atoms with Crippen LogP contribution in [-0.2, 0) is 0 Å². The van der Waals surface area contributed by atoms with E-state index in [1.54, 1.807) is 25.2 Å². The van der Waals surface area contributed by atoms with Gasteiger partial charge in [-0.2, -0.15) is 0 Å². The first-order valence-corrected chi connectivity index (χ1v) is 2.99. The standard InChI is InChI=1S/C8H11NO/c1-4-5-6-8(9-10)7(2)3/h4-6,8H,1-2H2,3H3/b6-5-. The van der Waals surface area contributed by atoms with Crippen LogP contribution >= 0.6 is 0 Å². The number of allylic oxidation sites excluding steroid dienone is 2. The maximum absolute atomic E-state index is 10.1. The van der Waals surface area contributed by atoms with Crippen LogP contribution < -0.4 is 0 Å². The smallest absolute Gasteiger partial charge is 0.131 e. The summed E-state index contributed by atoms with van der Waals surface area (Å²) < 4.78 is 0. The molecule has 1 unspecified atom stereocenters. The molecule has 0 aromatic heterocycles. The van der Waals surface area contributed by atoms with Crippen LogP contribution in [0.25, 0.3) is 0 Å². The minimum Gasteiger partial charge on any atom is -0.150 e. The Morgan fingerprint density at radius 1 is 1.70 bits per heavy atom. The van der Waals surface area contributed by atoms with Crippen LogP contribution in [0.2, 0.25) is 0 Å². The molecule has 0 rings (SSSR count). The average molecular weight is 137 g/mol. The van der Waals surface area contributed by atoms with Crippen LogP contribution in [-0.4, -0.2) is 6.04 Å². The number of hydrogen-bond donors (Lipinski definition) is 0. The molecule has 0 fully saturated rings. The zero-order chi connectivity index (χ0) is 7.98. The second-order valence-corrected chi connectivity index (χ2v) is 2.02. The Balaban J connectivity index is 4.07. The van der Waals surface area contributed by atoms with E-state index in [-0.39, 0.29) is 0 Å². The SMILES string of the molecule is C=C/C=C\C(N=O)C(=C)C. The van der Waals surface area contributed by atoms with Gasteiger partial charge in [-0.25, -0.2) is 0 Å². The lowest BCUT2D eigenvalue weighted by Gasteiger charge is -1.98. The van der Waals surface area contributed by atoms with Gasteiger partial charge in [0.15, 0.2) is 0 Å². The zero-order valence-electron chi connectivity index (χ0n) is 6.08. The Morgan fingerprint density at radius 2 is 2.30 bits per heavy atom. The Labute approximate surface area is 60.9 Å². The van der Waals surface area contributed by atoms with Gasteiger partial charge in [0.1, 0.15) is 6.04 Å². The van der Waals surface area contributed by atoms with Crippen molar-refractivity contribution in [3.05, 3.63) is 41.9 Å². The second kappa shape index (κ2) is 4.68. The number of hydrogen-bond acceptors (Lipinski definition) is 2. The molecule has 0 aliphatic carbocycles. The minimum absolute atomic E-state index is 0.405. The number of rotatable bonds is 4. The van der Waals surface area contributed by atoms with Gasteiger partial charge in [0.25, 0.3) is 0 Å². The van der Waals surface area contributed by atoms with E-state index >= 15 is 0 Å². The number of nitroso groups, excluding NO2 is 1. The van der Waals surface area contributed by atoms with Crippen LogP contribution in [0.4, 0.5) is 0 Å². The molecule has 2 nitrogen and oxygen atoms in total. The number of nitrogens with zero attached hydrogens (tertiary/aromatic N) is 1. The molecule has 0 aliphatic rings. The van der Waals surface area contributed by atoms with Gasteiger partial charge in [-0.05, 0) is 12.5 Å². The lowest BCUT2D eigenvalue weighted by molar-refractivity contribution is 0.945. The molecular formula is C8H11NO. The summed E-state index contributed by atoms with van der Waals surface area (Å²) in [6.45, 7) is 8.83. The summed E-state index contributed by atoms with van der Waals surface area (Å²) in [5, 5.41) is 2.84. The third kappa shape index (κ3) is 2.97. The highest BCUT2D eigenvalue weighted by molar-refractivity contribution is 5.15. The fourth-order valence-corrected chi connectivity index (χ4v) is 0.473. The maximum atomic E-state index is 10.1. The second-order valence-electron chi connectivity index (χ2n) is 2.02. The van der Waals surface area contributed by atoms with Crippen LogP contribution in [0.1, 0.15) is 6.92 Å².